The Kier molecular flexibility index (Phi) is 8.66. The van der Waals surface area contributed by atoms with Crippen LogP contribution in [-0.2, 0) is 30.5 Å². The number of piperazine rings is 1. The van der Waals surface area contributed by atoms with Crippen LogP contribution in [0.4, 0.5) is 4.79 Å². The van der Waals surface area contributed by atoms with E-state index in [1.54, 1.807) is 30.4 Å². The third kappa shape index (κ3) is 6.13. The fourth-order valence-corrected chi connectivity index (χ4v) is 6.08. The first-order chi connectivity index (χ1) is 22.2. The van der Waals surface area contributed by atoms with E-state index in [-0.39, 0.29) is 51.2 Å². The molecule has 0 spiro atoms. The molecule has 4 atom stereocenters. The van der Waals surface area contributed by atoms with Gasteiger partial charge in [0.15, 0.2) is 0 Å². The minimum absolute atomic E-state index is 0.0158. The van der Waals surface area contributed by atoms with Crippen LogP contribution in [0.25, 0.3) is 10.8 Å². The van der Waals surface area contributed by atoms with Gasteiger partial charge in [0.25, 0.3) is 5.91 Å². The number of aliphatic hydroxyl groups is 1. The number of hydrogen-bond donors (Lipinski definition) is 3. The van der Waals surface area contributed by atoms with E-state index in [9.17, 15) is 29.1 Å². The zero-order valence-electron chi connectivity index (χ0n) is 24.8. The second-order valence-corrected chi connectivity index (χ2v) is 11.5. The number of esters is 1. The third-order valence-electron chi connectivity index (χ3n) is 8.50. The number of rotatable bonds is 6. The lowest BCUT2D eigenvalue weighted by molar-refractivity contribution is -0.158. The van der Waals surface area contributed by atoms with Crippen LogP contribution in [0.2, 0.25) is 0 Å². The molecule has 2 fully saturated rings. The second kappa shape index (κ2) is 13.0. The molecule has 3 aromatic rings. The smallest absolute Gasteiger partial charge is 0.410 e. The lowest BCUT2D eigenvalue weighted by Gasteiger charge is -2.50. The van der Waals surface area contributed by atoms with Crippen molar-refractivity contribution in [1.82, 2.24) is 25.4 Å². The third-order valence-corrected chi connectivity index (χ3v) is 8.50. The molecule has 13 nitrogen and oxygen atoms in total. The van der Waals surface area contributed by atoms with Crippen molar-refractivity contribution in [3.8, 4) is 0 Å². The van der Waals surface area contributed by atoms with Gasteiger partial charge in [0.1, 0.15) is 29.9 Å². The molecule has 46 heavy (non-hydrogen) atoms. The van der Waals surface area contributed by atoms with E-state index < -0.39 is 53.7 Å². The van der Waals surface area contributed by atoms with Crippen molar-refractivity contribution in [2.75, 3.05) is 19.6 Å². The number of aliphatic hydroxyl groups excluding tert-OH is 1. The number of hydrogen-bond acceptors (Lipinski definition) is 9. The summed E-state index contributed by atoms with van der Waals surface area (Å²) in [6, 6.07) is 16.1. The zero-order valence-corrected chi connectivity index (χ0v) is 24.8. The number of pyridine rings is 1. The lowest BCUT2D eigenvalue weighted by Crippen LogP contribution is -2.73. The van der Waals surface area contributed by atoms with Crippen molar-refractivity contribution in [3.63, 3.8) is 0 Å². The van der Waals surface area contributed by atoms with E-state index in [0.717, 1.165) is 10.9 Å². The number of nitrogens with one attached hydrogen (secondary N) is 2. The van der Waals surface area contributed by atoms with Crippen molar-refractivity contribution in [2.45, 2.75) is 49.8 Å². The number of benzene rings is 2. The van der Waals surface area contributed by atoms with E-state index >= 15 is 0 Å². The average molecular weight is 628 g/mol. The van der Waals surface area contributed by atoms with Crippen LogP contribution < -0.4 is 10.6 Å². The Labute approximate surface area is 264 Å². The maximum absolute atomic E-state index is 14.2. The highest BCUT2D eigenvalue weighted by molar-refractivity contribution is 6.06. The molecule has 2 aromatic carbocycles. The average Bonchev–Trinajstić information content (AvgIpc) is 3.39. The number of fused-ring (bicyclic) bond motifs is 2. The molecular formula is C33H33N5O8. The first-order valence-corrected chi connectivity index (χ1v) is 15.0. The molecule has 0 aliphatic carbocycles. The van der Waals surface area contributed by atoms with Crippen LogP contribution in [0.3, 0.4) is 0 Å². The Balaban J connectivity index is 1.27. The van der Waals surface area contributed by atoms with Crippen LogP contribution in [0.15, 0.2) is 79.0 Å². The molecule has 0 radical (unpaired) electrons. The van der Waals surface area contributed by atoms with Gasteiger partial charge in [-0.05, 0) is 29.9 Å². The highest BCUT2D eigenvalue weighted by Gasteiger charge is 2.53. The Morgan fingerprint density at radius 2 is 1.78 bits per heavy atom. The van der Waals surface area contributed by atoms with E-state index in [2.05, 4.69) is 15.6 Å². The lowest BCUT2D eigenvalue weighted by atomic mass is 9.85. The molecule has 6 rings (SSSR count). The van der Waals surface area contributed by atoms with Crippen molar-refractivity contribution >= 4 is 40.6 Å². The summed E-state index contributed by atoms with van der Waals surface area (Å²) in [6.45, 7) is -0.187. The Hall–Kier alpha value is -5.30. The van der Waals surface area contributed by atoms with E-state index in [0.29, 0.717) is 5.39 Å². The summed E-state index contributed by atoms with van der Waals surface area (Å²) in [5.41, 5.74) is -0.707. The predicted molar refractivity (Wildman–Crippen MR) is 163 cm³/mol. The summed E-state index contributed by atoms with van der Waals surface area (Å²) in [4.78, 5) is 73.9. The zero-order chi connectivity index (χ0) is 32.3. The Bertz CT molecular complexity index is 1690. The predicted octanol–water partition coefficient (Wildman–Crippen LogP) is 1.65. The Morgan fingerprint density at radius 3 is 2.57 bits per heavy atom. The van der Waals surface area contributed by atoms with Gasteiger partial charge in [-0.3, -0.25) is 24.2 Å². The van der Waals surface area contributed by atoms with Gasteiger partial charge >= 0.3 is 12.1 Å². The Morgan fingerprint density at radius 1 is 1.00 bits per heavy atom. The number of nitrogens with zero attached hydrogens (tertiary/aromatic N) is 3. The summed E-state index contributed by atoms with van der Waals surface area (Å²) in [5.74, 6) is -2.44. The van der Waals surface area contributed by atoms with Gasteiger partial charge in [-0.1, -0.05) is 66.7 Å². The molecule has 4 unspecified atom stereocenters. The van der Waals surface area contributed by atoms with Gasteiger partial charge in [0.05, 0.1) is 13.0 Å². The minimum atomic E-state index is -1.65. The van der Waals surface area contributed by atoms with Crippen molar-refractivity contribution in [3.05, 3.63) is 90.3 Å². The van der Waals surface area contributed by atoms with Gasteiger partial charge in [-0.2, -0.15) is 0 Å². The molecular weight excluding hydrogens is 594 g/mol. The molecule has 3 aliphatic heterocycles. The van der Waals surface area contributed by atoms with Crippen LogP contribution in [0, 0.1) is 0 Å². The van der Waals surface area contributed by atoms with Crippen molar-refractivity contribution in [2.24, 2.45) is 0 Å². The summed E-state index contributed by atoms with van der Waals surface area (Å²) < 4.78 is 10.3. The van der Waals surface area contributed by atoms with Crippen LogP contribution >= 0.6 is 0 Å². The second-order valence-electron chi connectivity index (χ2n) is 11.5. The first kappa shape index (κ1) is 30.7. The van der Waals surface area contributed by atoms with Crippen molar-refractivity contribution < 1.29 is 38.6 Å². The quantitative estimate of drug-likeness (QED) is 0.272. The minimum Gasteiger partial charge on any atom is -0.445 e. The number of cyclic esters (lactones) is 1. The number of amides is 4. The number of carbonyl (C=O) groups is 5. The largest absolute Gasteiger partial charge is 0.445 e. The van der Waals surface area contributed by atoms with Crippen LogP contribution in [-0.4, -0.2) is 93.2 Å². The summed E-state index contributed by atoms with van der Waals surface area (Å²) in [7, 11) is 0. The molecule has 3 N–H and O–H groups in total. The molecule has 0 bridgehead atoms. The highest BCUT2D eigenvalue weighted by Crippen LogP contribution is 2.31. The van der Waals surface area contributed by atoms with Gasteiger partial charge < -0.3 is 35.0 Å². The normalized spacial score (nSPS) is 24.4. The highest BCUT2D eigenvalue weighted by atomic mass is 16.6. The molecule has 4 amide bonds. The SMILES string of the molecule is O=C1CC(NC(=O)C23CC=CCC(NC(=O)c4nccc5ccccc45)C(=O)N2CCN(C(=O)OCc2ccccc2)C3)C(O)O1. The van der Waals surface area contributed by atoms with Crippen LogP contribution in [0.1, 0.15) is 35.3 Å². The summed E-state index contributed by atoms with van der Waals surface area (Å²) in [6.07, 6.45) is 2.65. The van der Waals surface area contributed by atoms with Crippen molar-refractivity contribution in [1.29, 1.82) is 0 Å². The topological polar surface area (TPSA) is 167 Å². The number of aromatic nitrogens is 1. The molecule has 238 valence electrons. The maximum atomic E-state index is 14.2. The van der Waals surface area contributed by atoms with Gasteiger partial charge in [-0.25, -0.2) is 4.79 Å². The molecule has 13 heteroatoms. The van der Waals surface area contributed by atoms with Gasteiger partial charge in [0, 0.05) is 24.7 Å². The molecule has 1 aromatic heterocycles. The summed E-state index contributed by atoms with van der Waals surface area (Å²) in [5, 5.41) is 17.1. The molecule has 2 saturated heterocycles. The van der Waals surface area contributed by atoms with E-state index in [1.807, 2.05) is 42.5 Å². The standard InChI is InChI=1S/C33H33N5O8/c39-26-18-25(30(42)46-26)36-31(43)33-14-7-6-12-24(35-28(40)27-23-11-5-4-10-22(23)13-15-34-27)29(41)38(33)17-16-37(20-33)32(44)45-19-21-8-2-1-3-9-21/h1-11,13,15,24-25,30,42H,12,14,16-20H2,(H,35,40)(H,36,43). The van der Waals surface area contributed by atoms with Gasteiger partial charge in [-0.15, -0.1) is 0 Å². The van der Waals surface area contributed by atoms with E-state index in [1.165, 1.54) is 16.0 Å². The number of ether oxygens (including phenoxy) is 2. The van der Waals surface area contributed by atoms with Gasteiger partial charge in [0.2, 0.25) is 18.1 Å². The molecule has 4 heterocycles. The summed E-state index contributed by atoms with van der Waals surface area (Å²) >= 11 is 0. The number of carbonyl (C=O) groups excluding carboxylic acids is 5. The fourth-order valence-electron chi connectivity index (χ4n) is 6.08. The van der Waals surface area contributed by atoms with Crippen LogP contribution in [0.5, 0.6) is 0 Å². The molecule has 3 aliphatic rings. The first-order valence-electron chi connectivity index (χ1n) is 15.0. The maximum Gasteiger partial charge on any atom is 0.410 e. The molecule has 0 saturated carbocycles. The monoisotopic (exact) mass is 627 g/mol. The fraction of sp³-hybridized carbons (Fsp3) is 0.333. The van der Waals surface area contributed by atoms with E-state index in [4.69, 9.17) is 9.47 Å².